The molecule has 0 N–H and O–H groups in total. The molecule has 58 valence electrons. The largest absolute Gasteiger partial charge is 0.229 e. The van der Waals surface area contributed by atoms with E-state index < -0.39 is 9.84 Å². The fraction of sp³-hybridized carbons (Fsp3) is 1.00. The van der Waals surface area contributed by atoms with E-state index in [0.29, 0.717) is 5.75 Å². The van der Waals surface area contributed by atoms with Crippen molar-refractivity contribution >= 4 is 9.84 Å². The third-order valence-electron chi connectivity index (χ3n) is 2.73. The van der Waals surface area contributed by atoms with Crippen LogP contribution in [0.5, 0.6) is 0 Å². The molecule has 3 rings (SSSR count). The molecule has 0 aromatic heterocycles. The van der Waals surface area contributed by atoms with Crippen LogP contribution in [0.25, 0.3) is 0 Å². The summed E-state index contributed by atoms with van der Waals surface area (Å²) in [6, 6.07) is 0. The highest BCUT2D eigenvalue weighted by Crippen LogP contribution is 2.64. The van der Waals surface area contributed by atoms with Crippen molar-refractivity contribution < 1.29 is 8.42 Å². The molecule has 0 amide bonds. The normalized spacial score (nSPS) is 43.9. The van der Waals surface area contributed by atoms with Crippen molar-refractivity contribution in [2.24, 2.45) is 11.3 Å². The Kier molecular flexibility index (Phi) is 1.05. The van der Waals surface area contributed by atoms with Gasteiger partial charge in [0.1, 0.15) is 9.84 Å². The highest BCUT2D eigenvalue weighted by Gasteiger charge is 2.57. The quantitative estimate of drug-likeness (QED) is 0.599. The van der Waals surface area contributed by atoms with Gasteiger partial charge in [-0.05, 0) is 30.6 Å². The number of rotatable bonds is 2. The Hall–Kier alpha value is -0.0500. The number of hydrogen-bond donors (Lipinski definition) is 0. The molecule has 0 aliphatic heterocycles. The summed E-state index contributed by atoms with van der Waals surface area (Å²) in [5.74, 6) is 1.33. The van der Waals surface area contributed by atoms with Crippen LogP contribution in [0.4, 0.5) is 0 Å². The molecule has 0 spiro atoms. The molecule has 3 fully saturated rings. The lowest BCUT2D eigenvalue weighted by Gasteiger charge is -2.61. The summed E-state index contributed by atoms with van der Waals surface area (Å²) in [5, 5.41) is 0. The third-order valence-corrected chi connectivity index (χ3v) is 3.87. The summed E-state index contributed by atoms with van der Waals surface area (Å²) in [7, 11) is -2.70. The SMILES string of the molecule is CS(=O)(=O)CC12CC(C1)C2. The molecule has 0 unspecified atom stereocenters. The summed E-state index contributed by atoms with van der Waals surface area (Å²) in [5.41, 5.74) is 0.262. The predicted molar refractivity (Wildman–Crippen MR) is 39.5 cm³/mol. The van der Waals surface area contributed by atoms with Gasteiger partial charge in [0.25, 0.3) is 0 Å². The second-order valence-corrected chi connectivity index (χ2v) is 6.19. The number of hydrogen-bond acceptors (Lipinski definition) is 2. The highest BCUT2D eigenvalue weighted by molar-refractivity contribution is 7.90. The molecular weight excluding hydrogens is 148 g/mol. The standard InChI is InChI=1S/C7H12O2S/c1-10(8,9)5-7-2-6(3-7)4-7/h6H,2-5H2,1H3. The van der Waals surface area contributed by atoms with Gasteiger partial charge >= 0.3 is 0 Å². The molecular formula is C7H12O2S. The van der Waals surface area contributed by atoms with Gasteiger partial charge in [0.2, 0.25) is 0 Å². The minimum absolute atomic E-state index is 0.262. The van der Waals surface area contributed by atoms with Gasteiger partial charge in [-0.3, -0.25) is 0 Å². The fourth-order valence-corrected chi connectivity index (χ4v) is 3.86. The van der Waals surface area contributed by atoms with Gasteiger partial charge in [0.15, 0.2) is 0 Å². The molecule has 0 saturated heterocycles. The van der Waals surface area contributed by atoms with Crippen LogP contribution in [0, 0.1) is 11.3 Å². The van der Waals surface area contributed by atoms with E-state index in [4.69, 9.17) is 0 Å². The van der Waals surface area contributed by atoms with Gasteiger partial charge in [-0.1, -0.05) is 0 Å². The van der Waals surface area contributed by atoms with Gasteiger partial charge in [-0.2, -0.15) is 0 Å². The summed E-state index contributed by atoms with van der Waals surface area (Å²) >= 11 is 0. The first-order valence-corrected chi connectivity index (χ1v) is 5.73. The summed E-state index contributed by atoms with van der Waals surface area (Å²) in [6.07, 6.45) is 4.88. The fourth-order valence-electron chi connectivity index (χ4n) is 2.39. The van der Waals surface area contributed by atoms with Crippen LogP contribution in [0.3, 0.4) is 0 Å². The molecule has 3 aliphatic carbocycles. The van der Waals surface area contributed by atoms with Crippen LogP contribution in [0.2, 0.25) is 0 Å². The third kappa shape index (κ3) is 0.875. The van der Waals surface area contributed by atoms with E-state index in [9.17, 15) is 8.42 Å². The van der Waals surface area contributed by atoms with Gasteiger partial charge in [0.05, 0.1) is 5.75 Å². The van der Waals surface area contributed by atoms with Crippen LogP contribution in [-0.2, 0) is 9.84 Å². The zero-order chi connectivity index (χ0) is 7.41. The topological polar surface area (TPSA) is 34.1 Å². The Morgan fingerprint density at radius 2 is 1.90 bits per heavy atom. The lowest BCUT2D eigenvalue weighted by atomic mass is 9.45. The minimum Gasteiger partial charge on any atom is -0.229 e. The van der Waals surface area contributed by atoms with Crippen LogP contribution >= 0.6 is 0 Å². The molecule has 0 radical (unpaired) electrons. The van der Waals surface area contributed by atoms with Crippen molar-refractivity contribution in [2.75, 3.05) is 12.0 Å². The van der Waals surface area contributed by atoms with Crippen LogP contribution in [-0.4, -0.2) is 20.4 Å². The van der Waals surface area contributed by atoms with E-state index in [2.05, 4.69) is 0 Å². The smallest absolute Gasteiger partial charge is 0.148 e. The molecule has 0 atom stereocenters. The second kappa shape index (κ2) is 1.58. The van der Waals surface area contributed by atoms with Crippen molar-refractivity contribution in [2.45, 2.75) is 19.3 Å². The van der Waals surface area contributed by atoms with Crippen molar-refractivity contribution in [3.05, 3.63) is 0 Å². The second-order valence-electron chi connectivity index (χ2n) is 4.05. The molecule has 3 saturated carbocycles. The van der Waals surface area contributed by atoms with E-state index in [1.165, 1.54) is 25.5 Å². The molecule has 0 heterocycles. The summed E-state index contributed by atoms with van der Waals surface area (Å²) in [6.45, 7) is 0. The van der Waals surface area contributed by atoms with Gasteiger partial charge in [0, 0.05) is 6.26 Å². The molecule has 0 aromatic rings. The van der Waals surface area contributed by atoms with Crippen molar-refractivity contribution in [3.8, 4) is 0 Å². The maximum absolute atomic E-state index is 10.9. The van der Waals surface area contributed by atoms with Crippen LogP contribution < -0.4 is 0 Å². The van der Waals surface area contributed by atoms with Gasteiger partial charge < -0.3 is 0 Å². The monoisotopic (exact) mass is 160 g/mol. The molecule has 2 bridgehead atoms. The van der Waals surface area contributed by atoms with E-state index >= 15 is 0 Å². The molecule has 2 nitrogen and oxygen atoms in total. The van der Waals surface area contributed by atoms with Gasteiger partial charge in [-0.15, -0.1) is 0 Å². The predicted octanol–water partition coefficient (Wildman–Crippen LogP) is 0.831. The average Bonchev–Trinajstić information content (AvgIpc) is 1.48. The lowest BCUT2D eigenvalue weighted by molar-refractivity contribution is -0.0847. The first kappa shape index (κ1) is 6.65. The van der Waals surface area contributed by atoms with Crippen LogP contribution in [0.15, 0.2) is 0 Å². The summed E-state index contributed by atoms with van der Waals surface area (Å²) in [4.78, 5) is 0. The van der Waals surface area contributed by atoms with E-state index in [1.807, 2.05) is 0 Å². The Morgan fingerprint density at radius 1 is 1.40 bits per heavy atom. The van der Waals surface area contributed by atoms with E-state index in [0.717, 1.165) is 5.92 Å². The molecule has 0 aromatic carbocycles. The minimum atomic E-state index is -2.70. The Morgan fingerprint density at radius 3 is 2.00 bits per heavy atom. The Balaban J connectivity index is 2.03. The average molecular weight is 160 g/mol. The van der Waals surface area contributed by atoms with E-state index in [1.54, 1.807) is 0 Å². The first-order valence-electron chi connectivity index (χ1n) is 3.67. The first-order chi connectivity index (χ1) is 4.49. The van der Waals surface area contributed by atoms with Crippen molar-refractivity contribution in [1.29, 1.82) is 0 Å². The van der Waals surface area contributed by atoms with Gasteiger partial charge in [-0.25, -0.2) is 8.42 Å². The molecule has 3 heteroatoms. The van der Waals surface area contributed by atoms with Crippen LogP contribution in [0.1, 0.15) is 19.3 Å². The zero-order valence-corrected chi connectivity index (χ0v) is 6.95. The molecule has 3 aliphatic rings. The Labute approximate surface area is 61.5 Å². The highest BCUT2D eigenvalue weighted by atomic mass is 32.2. The molecule has 10 heavy (non-hydrogen) atoms. The maximum Gasteiger partial charge on any atom is 0.148 e. The Bertz CT molecular complexity index is 236. The summed E-state index contributed by atoms with van der Waals surface area (Å²) < 4.78 is 21.7. The van der Waals surface area contributed by atoms with Crippen molar-refractivity contribution in [3.63, 3.8) is 0 Å². The van der Waals surface area contributed by atoms with E-state index in [-0.39, 0.29) is 5.41 Å². The zero-order valence-electron chi connectivity index (χ0n) is 6.13. The number of sulfone groups is 1. The lowest BCUT2D eigenvalue weighted by Crippen LogP contribution is -2.55. The maximum atomic E-state index is 10.9. The van der Waals surface area contributed by atoms with Crippen molar-refractivity contribution in [1.82, 2.24) is 0 Å².